The fraction of sp³-hybridized carbons (Fsp3) is 0.727. The van der Waals surface area contributed by atoms with Crippen molar-refractivity contribution in [3.63, 3.8) is 0 Å². The zero-order chi connectivity index (χ0) is 11.1. The van der Waals surface area contributed by atoms with E-state index in [9.17, 15) is 0 Å². The molecule has 86 valence electrons. The Bertz CT molecular complexity index is 269. The summed E-state index contributed by atoms with van der Waals surface area (Å²) in [4.78, 5) is 4.28. The van der Waals surface area contributed by atoms with Crippen molar-refractivity contribution in [3.05, 3.63) is 12.4 Å². The van der Waals surface area contributed by atoms with Crippen LogP contribution in [0.15, 0.2) is 17.6 Å². The second-order valence-corrected chi connectivity index (χ2v) is 4.77. The fourth-order valence-corrected chi connectivity index (χ4v) is 2.43. The number of rotatable bonds is 7. The molecule has 3 nitrogen and oxygen atoms in total. The van der Waals surface area contributed by atoms with Gasteiger partial charge in [0, 0.05) is 31.2 Å². The van der Waals surface area contributed by atoms with Gasteiger partial charge in [0.2, 0.25) is 0 Å². The van der Waals surface area contributed by atoms with Gasteiger partial charge in [-0.05, 0) is 26.3 Å². The zero-order valence-electron chi connectivity index (χ0n) is 9.86. The average molecular weight is 227 g/mol. The first-order valence-corrected chi connectivity index (χ1v) is 6.53. The Balaban J connectivity index is 2.14. The van der Waals surface area contributed by atoms with E-state index in [0.29, 0.717) is 6.04 Å². The summed E-state index contributed by atoms with van der Waals surface area (Å²) < 4.78 is 2.07. The molecule has 1 aromatic heterocycles. The minimum atomic E-state index is 0.673. The molecule has 0 saturated carbocycles. The van der Waals surface area contributed by atoms with Crippen LogP contribution in [0.2, 0.25) is 0 Å². The van der Waals surface area contributed by atoms with Gasteiger partial charge in [0.25, 0.3) is 0 Å². The van der Waals surface area contributed by atoms with Crippen molar-refractivity contribution >= 4 is 11.8 Å². The largest absolute Gasteiger partial charge is 0.329 e. The first kappa shape index (κ1) is 12.6. The third-order valence-corrected chi connectivity index (χ3v) is 3.75. The monoisotopic (exact) mass is 227 g/mol. The second kappa shape index (κ2) is 6.90. The van der Waals surface area contributed by atoms with E-state index in [2.05, 4.69) is 21.8 Å². The third kappa shape index (κ3) is 4.26. The predicted octanol–water partition coefficient (Wildman–Crippen LogP) is 2.29. The Labute approximate surface area is 96.7 Å². The Morgan fingerprint density at radius 2 is 2.40 bits per heavy atom. The van der Waals surface area contributed by atoms with E-state index in [-0.39, 0.29) is 0 Å². The fourth-order valence-electron chi connectivity index (χ4n) is 1.54. The summed E-state index contributed by atoms with van der Waals surface area (Å²) >= 11 is 1.84. The molecule has 1 rings (SSSR count). The highest BCUT2D eigenvalue weighted by Crippen LogP contribution is 2.16. The molecule has 0 aliphatic carbocycles. The maximum atomic E-state index is 4.28. The summed E-state index contributed by atoms with van der Waals surface area (Å²) in [6.07, 6.45) is 7.56. The lowest BCUT2D eigenvalue weighted by molar-refractivity contribution is 0.504. The van der Waals surface area contributed by atoms with Gasteiger partial charge in [-0.2, -0.15) is 0 Å². The van der Waals surface area contributed by atoms with Crippen LogP contribution >= 0.6 is 11.8 Å². The van der Waals surface area contributed by atoms with Gasteiger partial charge in [0.1, 0.15) is 0 Å². The summed E-state index contributed by atoms with van der Waals surface area (Å²) in [6.45, 7) is 2.23. The SMILES string of the molecule is CCC(CCCSc1nccn1C)NC. The highest BCUT2D eigenvalue weighted by Gasteiger charge is 2.03. The predicted molar refractivity (Wildman–Crippen MR) is 66.3 cm³/mol. The molecule has 4 heteroatoms. The van der Waals surface area contributed by atoms with Crippen LogP contribution < -0.4 is 5.32 Å². The van der Waals surface area contributed by atoms with Crippen molar-refractivity contribution in [2.75, 3.05) is 12.8 Å². The van der Waals surface area contributed by atoms with E-state index in [1.165, 1.54) is 19.3 Å². The smallest absolute Gasteiger partial charge is 0.167 e. The Hall–Kier alpha value is -0.480. The van der Waals surface area contributed by atoms with Crippen molar-refractivity contribution in [1.82, 2.24) is 14.9 Å². The van der Waals surface area contributed by atoms with Crippen LogP contribution in [0, 0.1) is 0 Å². The number of imidazole rings is 1. The molecule has 1 unspecified atom stereocenters. The number of nitrogens with zero attached hydrogens (tertiary/aromatic N) is 2. The molecule has 0 spiro atoms. The van der Waals surface area contributed by atoms with E-state index in [4.69, 9.17) is 0 Å². The molecule has 0 amide bonds. The van der Waals surface area contributed by atoms with Crippen molar-refractivity contribution in [2.24, 2.45) is 7.05 Å². The minimum Gasteiger partial charge on any atom is -0.329 e. The third-order valence-electron chi connectivity index (χ3n) is 2.61. The van der Waals surface area contributed by atoms with Crippen molar-refractivity contribution in [2.45, 2.75) is 37.4 Å². The molecule has 0 bridgehead atoms. The number of nitrogens with one attached hydrogen (secondary N) is 1. The Morgan fingerprint density at radius 1 is 1.60 bits per heavy atom. The Kier molecular flexibility index (Phi) is 5.79. The summed E-state index contributed by atoms with van der Waals surface area (Å²) in [5, 5.41) is 4.44. The number of aromatic nitrogens is 2. The van der Waals surface area contributed by atoms with Crippen molar-refractivity contribution in [1.29, 1.82) is 0 Å². The summed E-state index contributed by atoms with van der Waals surface area (Å²) in [5.74, 6) is 1.16. The molecule has 1 aromatic rings. The molecule has 1 heterocycles. The molecule has 0 fully saturated rings. The van der Waals surface area contributed by atoms with Gasteiger partial charge in [0.05, 0.1) is 0 Å². The summed E-state index contributed by atoms with van der Waals surface area (Å²) in [6, 6.07) is 0.673. The number of hydrogen-bond acceptors (Lipinski definition) is 3. The molecule has 15 heavy (non-hydrogen) atoms. The molecule has 0 radical (unpaired) electrons. The summed E-state index contributed by atoms with van der Waals surface area (Å²) in [7, 11) is 4.08. The average Bonchev–Trinajstić information content (AvgIpc) is 2.65. The van der Waals surface area contributed by atoms with Gasteiger partial charge >= 0.3 is 0 Å². The van der Waals surface area contributed by atoms with Crippen LogP contribution in [0.4, 0.5) is 0 Å². The van der Waals surface area contributed by atoms with Gasteiger partial charge in [-0.15, -0.1) is 0 Å². The van der Waals surface area contributed by atoms with Gasteiger partial charge in [-0.3, -0.25) is 0 Å². The highest BCUT2D eigenvalue weighted by atomic mass is 32.2. The lowest BCUT2D eigenvalue weighted by Crippen LogP contribution is -2.23. The van der Waals surface area contributed by atoms with Gasteiger partial charge in [0.15, 0.2) is 5.16 Å². The van der Waals surface area contributed by atoms with Crippen LogP contribution in [0.1, 0.15) is 26.2 Å². The quantitative estimate of drug-likeness (QED) is 0.572. The zero-order valence-corrected chi connectivity index (χ0v) is 10.7. The topological polar surface area (TPSA) is 29.9 Å². The lowest BCUT2D eigenvalue weighted by Gasteiger charge is -2.12. The normalized spacial score (nSPS) is 13.0. The first-order chi connectivity index (χ1) is 7.27. The van der Waals surface area contributed by atoms with Gasteiger partial charge in [-0.25, -0.2) is 4.98 Å². The maximum Gasteiger partial charge on any atom is 0.167 e. The van der Waals surface area contributed by atoms with E-state index in [1.54, 1.807) is 0 Å². The van der Waals surface area contributed by atoms with E-state index < -0.39 is 0 Å². The van der Waals surface area contributed by atoms with Crippen LogP contribution in [-0.2, 0) is 7.05 Å². The first-order valence-electron chi connectivity index (χ1n) is 5.55. The molecule has 0 saturated heterocycles. The lowest BCUT2D eigenvalue weighted by atomic mass is 10.1. The van der Waals surface area contributed by atoms with Crippen LogP contribution in [0.5, 0.6) is 0 Å². The number of aryl methyl sites for hydroxylation is 1. The molecular formula is C11H21N3S. The number of hydrogen-bond donors (Lipinski definition) is 1. The van der Waals surface area contributed by atoms with Gasteiger partial charge in [-0.1, -0.05) is 18.7 Å². The molecule has 0 aromatic carbocycles. The molecule has 0 aliphatic heterocycles. The van der Waals surface area contributed by atoms with Crippen molar-refractivity contribution < 1.29 is 0 Å². The minimum absolute atomic E-state index is 0.673. The Morgan fingerprint density at radius 3 is 2.93 bits per heavy atom. The molecule has 0 aliphatic rings. The summed E-state index contributed by atoms with van der Waals surface area (Å²) in [5.41, 5.74) is 0. The standard InChI is InChI=1S/C11H21N3S/c1-4-10(12-2)6-5-9-15-11-13-7-8-14(11)3/h7-8,10,12H,4-6,9H2,1-3H3. The number of thioether (sulfide) groups is 1. The van der Waals surface area contributed by atoms with Crippen molar-refractivity contribution in [3.8, 4) is 0 Å². The molecule has 1 N–H and O–H groups in total. The van der Waals surface area contributed by atoms with Crippen LogP contribution in [0.25, 0.3) is 0 Å². The second-order valence-electron chi connectivity index (χ2n) is 3.71. The van der Waals surface area contributed by atoms with E-state index >= 15 is 0 Å². The maximum absolute atomic E-state index is 4.28. The molecule has 1 atom stereocenters. The molecular weight excluding hydrogens is 206 g/mol. The van der Waals surface area contributed by atoms with Crippen LogP contribution in [-0.4, -0.2) is 28.4 Å². The van der Waals surface area contributed by atoms with E-state index in [0.717, 1.165) is 10.9 Å². The van der Waals surface area contributed by atoms with Gasteiger partial charge < -0.3 is 9.88 Å². The highest BCUT2D eigenvalue weighted by molar-refractivity contribution is 7.99. The van der Waals surface area contributed by atoms with E-state index in [1.807, 2.05) is 38.3 Å². The van der Waals surface area contributed by atoms with Crippen LogP contribution in [0.3, 0.4) is 0 Å².